The van der Waals surface area contributed by atoms with Crippen LogP contribution in [0.4, 0.5) is 0 Å². The van der Waals surface area contributed by atoms with Crippen molar-refractivity contribution in [3.05, 3.63) is 25.3 Å². The molecule has 0 aromatic heterocycles. The average molecular weight is 347 g/mol. The Morgan fingerprint density at radius 3 is 1.86 bits per heavy atom. The molecule has 0 aliphatic heterocycles. The zero-order chi connectivity index (χ0) is 17.4. The fraction of sp³-hybridized carbons (Fsp3) is 0.500. The van der Waals surface area contributed by atoms with Crippen molar-refractivity contribution in [2.24, 2.45) is 5.73 Å². The number of rotatable bonds is 6. The van der Waals surface area contributed by atoms with Crippen molar-refractivity contribution < 1.29 is 32.4 Å². The van der Waals surface area contributed by atoms with Crippen molar-refractivity contribution in [2.45, 2.75) is 37.9 Å². The summed E-state index contributed by atoms with van der Waals surface area (Å²) in [6.45, 7) is 10.00. The second-order valence-corrected chi connectivity index (χ2v) is 6.41. The number of aliphatic hydroxyl groups is 1. The molecule has 124 valence electrons. The molecule has 0 aliphatic carbocycles. The van der Waals surface area contributed by atoms with Crippen molar-refractivity contribution in [1.82, 2.24) is 0 Å². The first kappa shape index (κ1) is 26.4. The summed E-state index contributed by atoms with van der Waals surface area (Å²) in [7, 11) is -4.35. The molecular weight excluding hydrogens is 325 g/mol. The van der Waals surface area contributed by atoms with E-state index in [0.717, 1.165) is 12.2 Å². The summed E-state index contributed by atoms with van der Waals surface area (Å²) in [5, 5.41) is 8.36. The molecule has 0 saturated carbocycles. The summed E-state index contributed by atoms with van der Waals surface area (Å²) < 4.78 is 32.9. The summed E-state index contributed by atoms with van der Waals surface area (Å²) in [5.41, 5.74) is 5.33. The van der Waals surface area contributed by atoms with Gasteiger partial charge in [0.1, 0.15) is 4.75 Å². The third-order valence-electron chi connectivity index (χ3n) is 2.37. The van der Waals surface area contributed by atoms with Gasteiger partial charge in [0, 0.05) is 6.08 Å². The maximum atomic E-state index is 11.0. The molecule has 10 heteroatoms. The Morgan fingerprint density at radius 1 is 1.27 bits per heavy atom. The minimum absolute atomic E-state index is 0. The summed E-state index contributed by atoms with van der Waals surface area (Å²) >= 11 is 0. The Morgan fingerprint density at radius 2 is 1.68 bits per heavy atom. The van der Waals surface area contributed by atoms with Crippen LogP contribution in [-0.2, 0) is 24.4 Å². The minimum atomic E-state index is -4.35. The topological polar surface area (TPSA) is 144 Å². The first-order valence-electron chi connectivity index (χ1n) is 5.71. The number of carbonyl (C=O) groups excluding carboxylic acids is 2. The van der Waals surface area contributed by atoms with Crippen LogP contribution in [0.1, 0.15) is 20.8 Å². The second-order valence-electron chi connectivity index (χ2n) is 4.40. The van der Waals surface area contributed by atoms with E-state index in [9.17, 15) is 18.0 Å². The third kappa shape index (κ3) is 9.46. The van der Waals surface area contributed by atoms with Crippen LogP contribution in [0.25, 0.3) is 0 Å². The Labute approximate surface area is 152 Å². The molecule has 4 N–H and O–H groups in total. The molecule has 0 amide bonds. The molecule has 2 unspecified atom stereocenters. The Bertz CT molecular complexity index is 500. The quantitative estimate of drug-likeness (QED) is 0.185. The number of hydrogen-bond donors (Lipinski definition) is 3. The van der Waals surface area contributed by atoms with Crippen LogP contribution in [0.15, 0.2) is 25.3 Å². The molecule has 0 aliphatic rings. The Hall–Kier alpha value is -0.550. The third-order valence-corrected chi connectivity index (χ3v) is 3.96. The van der Waals surface area contributed by atoms with Crippen molar-refractivity contribution in [3.63, 3.8) is 0 Å². The second kappa shape index (κ2) is 11.1. The number of aliphatic hydroxyl groups excluding tert-OH is 1. The molecule has 0 radical (unpaired) electrons. The van der Waals surface area contributed by atoms with E-state index >= 15 is 0 Å². The summed E-state index contributed by atoms with van der Waals surface area (Å²) in [6, 6.07) is -1.31. The van der Waals surface area contributed by atoms with E-state index in [2.05, 4.69) is 17.9 Å². The first-order valence-corrected chi connectivity index (χ1v) is 7.15. The summed E-state index contributed by atoms with van der Waals surface area (Å²) in [6.07, 6.45) is 0.880. The van der Waals surface area contributed by atoms with Crippen molar-refractivity contribution in [1.29, 1.82) is 0 Å². The number of nitrogens with two attached hydrogens (primary N) is 1. The summed E-state index contributed by atoms with van der Waals surface area (Å²) in [4.78, 5) is 21.1. The normalized spacial score (nSPS) is 13.4. The van der Waals surface area contributed by atoms with Gasteiger partial charge >= 0.3 is 35.5 Å². The van der Waals surface area contributed by atoms with E-state index in [4.69, 9.17) is 15.4 Å². The first-order chi connectivity index (χ1) is 9.31. The molecule has 0 saturated heterocycles. The van der Waals surface area contributed by atoms with Gasteiger partial charge in [-0.2, -0.15) is 8.42 Å². The zero-order valence-electron chi connectivity index (χ0n) is 12.1. The Kier molecular flexibility index (Phi) is 13.2. The molecule has 22 heavy (non-hydrogen) atoms. The molecule has 0 fully saturated rings. The predicted octanol–water partition coefficient (Wildman–Crippen LogP) is -0.859. The van der Waals surface area contributed by atoms with Crippen LogP contribution in [0.3, 0.4) is 0 Å². The molecule has 0 heterocycles. The number of carbonyl (C=O) groups is 2. The van der Waals surface area contributed by atoms with Gasteiger partial charge in [-0.3, -0.25) is 9.35 Å². The average Bonchev–Trinajstić information content (AvgIpc) is 2.35. The van der Waals surface area contributed by atoms with Gasteiger partial charge in [0.15, 0.2) is 12.1 Å². The van der Waals surface area contributed by atoms with E-state index in [1.807, 2.05) is 0 Å². The monoisotopic (exact) mass is 347 g/mol. The van der Waals surface area contributed by atoms with Crippen LogP contribution in [0.2, 0.25) is 0 Å². The molecule has 8 nitrogen and oxygen atoms in total. The van der Waals surface area contributed by atoms with Gasteiger partial charge in [0.2, 0.25) is 0 Å². The van der Waals surface area contributed by atoms with Gasteiger partial charge in [-0.1, -0.05) is 13.2 Å². The van der Waals surface area contributed by atoms with Crippen LogP contribution in [0.5, 0.6) is 0 Å². The van der Waals surface area contributed by atoms with Crippen LogP contribution >= 0.6 is 0 Å². The van der Waals surface area contributed by atoms with Gasteiger partial charge in [0.25, 0.3) is 10.1 Å². The van der Waals surface area contributed by atoms with E-state index in [1.165, 1.54) is 20.8 Å². The fourth-order valence-electron chi connectivity index (χ4n) is 0.846. The van der Waals surface area contributed by atoms with Gasteiger partial charge in [-0.05, 0) is 26.8 Å². The van der Waals surface area contributed by atoms with E-state index in [-0.39, 0.29) is 29.6 Å². The number of ether oxygens (including phenoxy) is 1. The molecule has 0 aromatic rings. The van der Waals surface area contributed by atoms with Crippen LogP contribution < -0.4 is 5.73 Å². The number of ketones is 1. The molecule has 0 spiro atoms. The standard InChI is InChI=1S/C7H13NO4S.C5H8O3.Na.H/c1-4-5(9)6(8)7(2,3)13(10,11)12;1-3-5(7)8-4(2)6;;/h4,6H,1,8H2,2-3H3,(H,10,11,12);3-4,6H,1H2,2H3;;. The maximum absolute atomic E-state index is 11.0. The van der Waals surface area contributed by atoms with Gasteiger partial charge < -0.3 is 15.6 Å². The predicted molar refractivity (Wildman–Crippen MR) is 83.9 cm³/mol. The van der Waals surface area contributed by atoms with E-state index < -0.39 is 38.9 Å². The number of esters is 1. The van der Waals surface area contributed by atoms with Crippen molar-refractivity contribution in [3.8, 4) is 0 Å². The number of hydrogen-bond acceptors (Lipinski definition) is 7. The van der Waals surface area contributed by atoms with Gasteiger partial charge in [-0.15, -0.1) is 0 Å². The van der Waals surface area contributed by atoms with E-state index in [1.54, 1.807) is 0 Å². The molecule has 0 aromatic carbocycles. The Balaban J connectivity index is -0.000000348. The zero-order valence-corrected chi connectivity index (χ0v) is 13.0. The van der Waals surface area contributed by atoms with Gasteiger partial charge in [-0.25, -0.2) is 4.79 Å². The molecule has 2 atom stereocenters. The molecular formula is C12H22NNaO7S. The SMILES string of the molecule is C=CC(=O)C(N)C(C)(C)S(=O)(=O)O.C=CC(=O)OC(C)O.[NaH]. The fourth-order valence-corrected chi connectivity index (χ4v) is 1.28. The molecule has 0 rings (SSSR count). The molecule has 0 bridgehead atoms. The van der Waals surface area contributed by atoms with Gasteiger partial charge in [0.05, 0.1) is 6.04 Å². The van der Waals surface area contributed by atoms with Crippen molar-refractivity contribution >= 4 is 51.4 Å². The van der Waals surface area contributed by atoms with Crippen LogP contribution in [0, 0.1) is 0 Å². The van der Waals surface area contributed by atoms with Crippen molar-refractivity contribution in [2.75, 3.05) is 0 Å². The summed E-state index contributed by atoms with van der Waals surface area (Å²) in [5.74, 6) is -1.23. The van der Waals surface area contributed by atoms with E-state index in [0.29, 0.717) is 0 Å². The van der Waals surface area contributed by atoms with Crippen LogP contribution in [-0.4, -0.2) is 76.5 Å².